The van der Waals surface area contributed by atoms with Crippen molar-refractivity contribution in [1.82, 2.24) is 4.90 Å². The molecule has 1 fully saturated rings. The van der Waals surface area contributed by atoms with Crippen molar-refractivity contribution >= 4 is 5.91 Å². The Balaban J connectivity index is 1.84. The van der Waals surface area contributed by atoms with Crippen molar-refractivity contribution in [3.8, 4) is 5.75 Å². The molecular formula is C15H21NO3. The van der Waals surface area contributed by atoms with Gasteiger partial charge in [-0.3, -0.25) is 4.79 Å². The number of benzene rings is 1. The number of ether oxygens (including phenoxy) is 1. The van der Waals surface area contributed by atoms with Gasteiger partial charge in [0, 0.05) is 20.2 Å². The topological polar surface area (TPSA) is 49.8 Å². The normalized spacial score (nSPS) is 19.1. The van der Waals surface area contributed by atoms with Gasteiger partial charge in [-0.1, -0.05) is 12.1 Å². The van der Waals surface area contributed by atoms with Gasteiger partial charge in [0.15, 0.2) is 0 Å². The number of phenols is 1. The Labute approximate surface area is 114 Å². The van der Waals surface area contributed by atoms with E-state index < -0.39 is 0 Å². The minimum atomic E-state index is 0.0798. The predicted octanol–water partition coefficient (Wildman–Crippen LogP) is 1.82. The Bertz CT molecular complexity index is 427. The Morgan fingerprint density at radius 3 is 3.05 bits per heavy atom. The summed E-state index contributed by atoms with van der Waals surface area (Å²) >= 11 is 0. The molecule has 1 unspecified atom stereocenters. The van der Waals surface area contributed by atoms with Crippen LogP contribution in [0.4, 0.5) is 0 Å². The summed E-state index contributed by atoms with van der Waals surface area (Å²) in [6, 6.07) is 6.86. The molecule has 1 aliphatic heterocycles. The second-order valence-electron chi connectivity index (χ2n) is 5.20. The average molecular weight is 263 g/mol. The van der Waals surface area contributed by atoms with Crippen molar-refractivity contribution in [1.29, 1.82) is 0 Å². The van der Waals surface area contributed by atoms with Crippen LogP contribution >= 0.6 is 0 Å². The Hall–Kier alpha value is -1.55. The third-order valence-corrected chi connectivity index (χ3v) is 3.48. The maximum Gasteiger partial charge on any atom is 0.226 e. The van der Waals surface area contributed by atoms with Gasteiger partial charge >= 0.3 is 0 Å². The lowest BCUT2D eigenvalue weighted by molar-refractivity contribution is -0.130. The van der Waals surface area contributed by atoms with Crippen LogP contribution in [0, 0.1) is 5.92 Å². The third kappa shape index (κ3) is 4.24. The fourth-order valence-electron chi connectivity index (χ4n) is 2.42. The summed E-state index contributed by atoms with van der Waals surface area (Å²) in [5.41, 5.74) is 0.844. The van der Waals surface area contributed by atoms with Crippen LogP contribution in [0.2, 0.25) is 0 Å². The van der Waals surface area contributed by atoms with E-state index in [9.17, 15) is 9.90 Å². The first kappa shape index (κ1) is 13.9. The van der Waals surface area contributed by atoms with Gasteiger partial charge < -0.3 is 14.7 Å². The molecule has 0 radical (unpaired) electrons. The molecule has 1 amide bonds. The molecular weight excluding hydrogens is 242 g/mol. The molecule has 1 N–H and O–H groups in total. The van der Waals surface area contributed by atoms with Gasteiger partial charge in [0.05, 0.1) is 13.0 Å². The first-order chi connectivity index (χ1) is 9.15. The van der Waals surface area contributed by atoms with E-state index in [4.69, 9.17) is 4.74 Å². The van der Waals surface area contributed by atoms with Gasteiger partial charge in [-0.2, -0.15) is 0 Å². The standard InChI is InChI=1S/C15H21NO3/c1-16(10-13-5-3-7-19-11-13)15(18)9-12-4-2-6-14(17)8-12/h2,4,6,8,13,17H,3,5,7,9-11H2,1H3. The molecule has 4 nitrogen and oxygen atoms in total. The van der Waals surface area contributed by atoms with Crippen LogP contribution in [0.3, 0.4) is 0 Å². The highest BCUT2D eigenvalue weighted by atomic mass is 16.5. The molecule has 0 aromatic heterocycles. The molecule has 1 atom stereocenters. The number of aromatic hydroxyl groups is 1. The molecule has 4 heteroatoms. The van der Waals surface area contributed by atoms with Crippen LogP contribution in [-0.2, 0) is 16.0 Å². The van der Waals surface area contributed by atoms with Crippen molar-refractivity contribution in [2.75, 3.05) is 26.8 Å². The molecule has 1 saturated heterocycles. The summed E-state index contributed by atoms with van der Waals surface area (Å²) in [5, 5.41) is 9.38. The van der Waals surface area contributed by atoms with E-state index >= 15 is 0 Å². The van der Waals surface area contributed by atoms with Crippen LogP contribution in [0.1, 0.15) is 18.4 Å². The number of amides is 1. The Morgan fingerprint density at radius 2 is 2.37 bits per heavy atom. The second-order valence-corrected chi connectivity index (χ2v) is 5.20. The van der Waals surface area contributed by atoms with Crippen LogP contribution < -0.4 is 0 Å². The van der Waals surface area contributed by atoms with Crippen molar-refractivity contribution in [2.45, 2.75) is 19.3 Å². The molecule has 1 aliphatic rings. The SMILES string of the molecule is CN(CC1CCCOC1)C(=O)Cc1cccc(O)c1. The summed E-state index contributed by atoms with van der Waals surface area (Å²) in [6.07, 6.45) is 2.54. The number of nitrogens with zero attached hydrogens (tertiary/aromatic N) is 1. The maximum atomic E-state index is 12.1. The highest BCUT2D eigenvalue weighted by Crippen LogP contribution is 2.16. The van der Waals surface area contributed by atoms with E-state index in [1.165, 1.54) is 0 Å². The molecule has 1 aromatic rings. The fraction of sp³-hybridized carbons (Fsp3) is 0.533. The average Bonchev–Trinajstić information content (AvgIpc) is 2.40. The lowest BCUT2D eigenvalue weighted by Crippen LogP contribution is -2.35. The monoisotopic (exact) mass is 263 g/mol. The Kier molecular flexibility index (Phi) is 4.80. The highest BCUT2D eigenvalue weighted by Gasteiger charge is 2.18. The van der Waals surface area contributed by atoms with E-state index in [0.29, 0.717) is 12.3 Å². The van der Waals surface area contributed by atoms with Crippen molar-refractivity contribution < 1.29 is 14.6 Å². The molecule has 0 saturated carbocycles. The van der Waals surface area contributed by atoms with Gasteiger partial charge in [0.1, 0.15) is 5.75 Å². The number of carbonyl (C=O) groups is 1. The van der Waals surface area contributed by atoms with Crippen LogP contribution in [-0.4, -0.2) is 42.7 Å². The van der Waals surface area contributed by atoms with Gasteiger partial charge in [0.25, 0.3) is 0 Å². The number of hydrogen-bond donors (Lipinski definition) is 1. The molecule has 19 heavy (non-hydrogen) atoms. The maximum absolute atomic E-state index is 12.1. The van der Waals surface area contributed by atoms with Gasteiger partial charge in [-0.15, -0.1) is 0 Å². The summed E-state index contributed by atoms with van der Waals surface area (Å²) in [5.74, 6) is 0.733. The molecule has 0 aliphatic carbocycles. The third-order valence-electron chi connectivity index (χ3n) is 3.48. The molecule has 1 heterocycles. The first-order valence-electron chi connectivity index (χ1n) is 6.75. The number of carbonyl (C=O) groups excluding carboxylic acids is 1. The largest absolute Gasteiger partial charge is 0.508 e. The van der Waals surface area contributed by atoms with Crippen molar-refractivity contribution in [3.05, 3.63) is 29.8 Å². The lowest BCUT2D eigenvalue weighted by atomic mass is 10.0. The van der Waals surface area contributed by atoms with Gasteiger partial charge in [-0.05, 0) is 36.5 Å². The predicted molar refractivity (Wildman–Crippen MR) is 73.0 cm³/mol. The van der Waals surface area contributed by atoms with Gasteiger partial charge in [-0.25, -0.2) is 0 Å². The summed E-state index contributed by atoms with van der Waals surface area (Å²) in [7, 11) is 1.83. The summed E-state index contributed by atoms with van der Waals surface area (Å²) in [4.78, 5) is 13.9. The zero-order valence-corrected chi connectivity index (χ0v) is 11.3. The Morgan fingerprint density at radius 1 is 1.53 bits per heavy atom. The fourth-order valence-corrected chi connectivity index (χ4v) is 2.42. The number of phenolic OH excluding ortho intramolecular Hbond substituents is 1. The van der Waals surface area contributed by atoms with E-state index in [0.717, 1.165) is 38.2 Å². The minimum absolute atomic E-state index is 0.0798. The molecule has 1 aromatic carbocycles. The first-order valence-corrected chi connectivity index (χ1v) is 6.75. The number of hydrogen-bond acceptors (Lipinski definition) is 3. The summed E-state index contributed by atoms with van der Waals surface area (Å²) in [6.45, 7) is 2.35. The summed E-state index contributed by atoms with van der Waals surface area (Å²) < 4.78 is 5.43. The van der Waals surface area contributed by atoms with Crippen molar-refractivity contribution in [3.63, 3.8) is 0 Å². The van der Waals surface area contributed by atoms with E-state index in [2.05, 4.69) is 0 Å². The van der Waals surface area contributed by atoms with Crippen molar-refractivity contribution in [2.24, 2.45) is 5.92 Å². The zero-order valence-electron chi connectivity index (χ0n) is 11.3. The lowest BCUT2D eigenvalue weighted by Gasteiger charge is -2.27. The van der Waals surface area contributed by atoms with Gasteiger partial charge in [0.2, 0.25) is 5.91 Å². The smallest absolute Gasteiger partial charge is 0.226 e. The van der Waals surface area contributed by atoms with Crippen LogP contribution in [0.25, 0.3) is 0 Å². The molecule has 2 rings (SSSR count). The van der Waals surface area contributed by atoms with Crippen LogP contribution in [0.5, 0.6) is 5.75 Å². The van der Waals surface area contributed by atoms with Crippen LogP contribution in [0.15, 0.2) is 24.3 Å². The quantitative estimate of drug-likeness (QED) is 0.901. The highest BCUT2D eigenvalue weighted by molar-refractivity contribution is 5.78. The number of likely N-dealkylation sites (N-methyl/N-ethyl adjacent to an activating group) is 1. The zero-order chi connectivity index (χ0) is 13.7. The minimum Gasteiger partial charge on any atom is -0.508 e. The number of rotatable bonds is 4. The molecule has 0 spiro atoms. The second kappa shape index (κ2) is 6.57. The van der Waals surface area contributed by atoms with E-state index in [-0.39, 0.29) is 11.7 Å². The van der Waals surface area contributed by atoms with E-state index in [1.54, 1.807) is 23.1 Å². The molecule has 104 valence electrons. The van der Waals surface area contributed by atoms with E-state index in [1.807, 2.05) is 13.1 Å². The molecule has 0 bridgehead atoms.